The fourth-order valence-electron chi connectivity index (χ4n) is 5.96. The van der Waals surface area contributed by atoms with Crippen LogP contribution in [0.1, 0.15) is 39.7 Å². The number of rotatable bonds is 10. The molecular formula is C27H30N4O14S2. The Morgan fingerprint density at radius 3 is 2.19 bits per heavy atom. The Hall–Kier alpha value is -4.46. The van der Waals surface area contributed by atoms with E-state index < -0.39 is 102 Å². The molecule has 0 aromatic heterocycles. The number of nitrogens with zero attached hydrogens (tertiary/aromatic N) is 3. The number of nitro groups is 1. The van der Waals surface area contributed by atoms with Crippen LogP contribution in [0.4, 0.5) is 10.5 Å². The van der Waals surface area contributed by atoms with Gasteiger partial charge in [-0.15, -0.1) is 11.8 Å². The normalized spacial score (nSPS) is 29.4. The number of carbonyl (C=O) groups is 6. The maximum Gasteiger partial charge on any atom is 0.408 e. The summed E-state index contributed by atoms with van der Waals surface area (Å²) in [4.78, 5) is 87.6. The zero-order valence-electron chi connectivity index (χ0n) is 25.4. The Morgan fingerprint density at radius 2 is 1.62 bits per heavy atom. The van der Waals surface area contributed by atoms with Gasteiger partial charge in [0.25, 0.3) is 5.69 Å². The SMILES string of the molecule is CC(=O)OC[C@@]1(C)[C@H](C(=O)OCOC(=O)[C@@H]2N3C(=O)[C@@H](NC(=O)OCc4ccc([N+](=O)[O-])cc4)[C@H]3SC2(C)C)N2C(=O)C[C@H]2S1(=O)=O. The number of esters is 3. The van der Waals surface area contributed by atoms with Crippen LogP contribution in [0.5, 0.6) is 0 Å². The van der Waals surface area contributed by atoms with Gasteiger partial charge in [0.1, 0.15) is 40.8 Å². The quantitative estimate of drug-likeness (QED) is 0.0844. The van der Waals surface area contributed by atoms with E-state index in [-0.39, 0.29) is 18.7 Å². The number of nitro benzene ring substituents is 1. The number of nitrogens with one attached hydrogen (secondary N) is 1. The lowest BCUT2D eigenvalue weighted by Gasteiger charge is -2.43. The number of alkyl carbamates (subject to hydrolysis) is 1. The predicted octanol–water partition coefficient (Wildman–Crippen LogP) is -0.0270. The van der Waals surface area contributed by atoms with E-state index in [1.54, 1.807) is 13.8 Å². The van der Waals surface area contributed by atoms with Crippen molar-refractivity contribution in [2.45, 2.75) is 79.1 Å². The maximum atomic E-state index is 13.1. The van der Waals surface area contributed by atoms with Crippen LogP contribution in [0.25, 0.3) is 0 Å². The molecule has 0 spiro atoms. The molecule has 4 aliphatic rings. The molecule has 4 heterocycles. The fourth-order valence-corrected chi connectivity index (χ4v) is 9.85. The molecule has 1 aromatic carbocycles. The van der Waals surface area contributed by atoms with Crippen LogP contribution >= 0.6 is 11.8 Å². The zero-order chi connectivity index (χ0) is 34.6. The van der Waals surface area contributed by atoms with Crippen molar-refractivity contribution >= 4 is 63.1 Å². The van der Waals surface area contributed by atoms with E-state index in [0.717, 1.165) is 11.8 Å². The highest BCUT2D eigenvalue weighted by Crippen LogP contribution is 2.51. The summed E-state index contributed by atoms with van der Waals surface area (Å²) in [5.74, 6) is -4.14. The first-order valence-electron chi connectivity index (χ1n) is 14.1. The first-order valence-corrected chi connectivity index (χ1v) is 16.5. The number of benzene rings is 1. The molecule has 0 bridgehead atoms. The third-order valence-electron chi connectivity index (χ3n) is 8.45. The summed E-state index contributed by atoms with van der Waals surface area (Å²) in [5, 5.41) is 11.3. The molecule has 0 radical (unpaired) electrons. The molecule has 4 fully saturated rings. The van der Waals surface area contributed by atoms with Crippen LogP contribution < -0.4 is 5.32 Å². The fraction of sp³-hybridized carbons (Fsp3) is 0.556. The van der Waals surface area contributed by atoms with Crippen molar-refractivity contribution in [3.05, 3.63) is 39.9 Å². The monoisotopic (exact) mass is 698 g/mol. The van der Waals surface area contributed by atoms with E-state index >= 15 is 0 Å². The van der Waals surface area contributed by atoms with Gasteiger partial charge in [0, 0.05) is 23.8 Å². The number of hydrogen-bond donors (Lipinski definition) is 1. The predicted molar refractivity (Wildman–Crippen MR) is 156 cm³/mol. The number of ether oxygens (including phenoxy) is 4. The van der Waals surface area contributed by atoms with Crippen molar-refractivity contribution < 1.29 is 61.1 Å². The first kappa shape index (κ1) is 33.9. The third kappa shape index (κ3) is 5.72. The van der Waals surface area contributed by atoms with Crippen molar-refractivity contribution in [3.63, 3.8) is 0 Å². The molecule has 1 aromatic rings. The van der Waals surface area contributed by atoms with Crippen LogP contribution in [0.15, 0.2) is 24.3 Å². The number of non-ortho nitro benzene ring substituents is 1. The number of amides is 3. The summed E-state index contributed by atoms with van der Waals surface area (Å²) in [7, 11) is -4.16. The Morgan fingerprint density at radius 1 is 1.00 bits per heavy atom. The van der Waals surface area contributed by atoms with Crippen molar-refractivity contribution in [1.29, 1.82) is 0 Å². The molecule has 5 rings (SSSR count). The van der Waals surface area contributed by atoms with Crippen LogP contribution in [-0.4, -0.2) is 111 Å². The lowest BCUT2D eigenvalue weighted by molar-refractivity contribution is -0.384. The van der Waals surface area contributed by atoms with Gasteiger partial charge in [-0.25, -0.2) is 22.8 Å². The molecule has 6 atom stereocenters. The molecule has 254 valence electrons. The van der Waals surface area contributed by atoms with Gasteiger partial charge in [-0.05, 0) is 38.5 Å². The molecule has 4 aliphatic heterocycles. The van der Waals surface area contributed by atoms with Gasteiger partial charge in [0.05, 0.1) is 11.3 Å². The second-order valence-electron chi connectivity index (χ2n) is 11.9. The highest BCUT2D eigenvalue weighted by molar-refractivity contribution is 8.01. The number of carbonyl (C=O) groups excluding carboxylic acids is 6. The molecule has 18 nitrogen and oxygen atoms in total. The molecule has 4 saturated heterocycles. The maximum absolute atomic E-state index is 13.1. The lowest BCUT2D eigenvalue weighted by Crippen LogP contribution is -2.70. The van der Waals surface area contributed by atoms with E-state index in [4.69, 9.17) is 18.9 Å². The Balaban J connectivity index is 1.16. The van der Waals surface area contributed by atoms with Crippen LogP contribution in [0.3, 0.4) is 0 Å². The average molecular weight is 699 g/mol. The summed E-state index contributed by atoms with van der Waals surface area (Å²) in [5.41, 5.74) is 0.349. The van der Waals surface area contributed by atoms with Crippen LogP contribution in [-0.2, 0) is 59.4 Å². The summed E-state index contributed by atoms with van der Waals surface area (Å²) >= 11 is 1.21. The first-order chi connectivity index (χ1) is 21.9. The highest BCUT2D eigenvalue weighted by Gasteiger charge is 2.71. The number of thioether (sulfide) groups is 1. The highest BCUT2D eigenvalue weighted by atomic mass is 32.2. The molecule has 1 N–H and O–H groups in total. The minimum Gasteiger partial charge on any atom is -0.464 e. The van der Waals surface area contributed by atoms with Gasteiger partial charge in [-0.3, -0.25) is 24.5 Å². The summed E-state index contributed by atoms with van der Waals surface area (Å²) in [6.07, 6.45) is -1.26. The molecule has 3 amide bonds. The average Bonchev–Trinajstić information content (AvgIpc) is 3.33. The number of sulfone groups is 1. The third-order valence-corrected chi connectivity index (χ3v) is 12.8. The van der Waals surface area contributed by atoms with Gasteiger partial charge >= 0.3 is 24.0 Å². The van der Waals surface area contributed by atoms with Crippen LogP contribution in [0, 0.1) is 10.1 Å². The Bertz CT molecular complexity index is 1660. The van der Waals surface area contributed by atoms with E-state index in [1.165, 1.54) is 47.9 Å². The van der Waals surface area contributed by atoms with E-state index in [1.807, 2.05) is 0 Å². The number of β-lactam (4-membered cyclic amide) rings is 2. The topological polar surface area (TPSA) is 235 Å². The summed E-state index contributed by atoms with van der Waals surface area (Å²) < 4.78 is 43.6. The number of hydrogen-bond acceptors (Lipinski definition) is 15. The van der Waals surface area contributed by atoms with Gasteiger partial charge in [0.2, 0.25) is 18.6 Å². The zero-order valence-corrected chi connectivity index (χ0v) is 27.0. The molecule has 47 heavy (non-hydrogen) atoms. The molecule has 0 aliphatic carbocycles. The van der Waals surface area contributed by atoms with Crippen LogP contribution in [0.2, 0.25) is 0 Å². The standard InChI is InChI=1S/C27H30N4O14S2/c1-13(32)43-11-27(4)20(29-16(33)9-17(29)47(27,40)41)24(36)45-12-44-23(35)19-26(2,3)46-22-18(21(34)30(19)22)28-25(37)42-10-14-5-7-15(8-6-14)31(38)39/h5-8,17-20,22H,9-12H2,1-4H3,(H,28,37)/t17-,18-,19+,20+,22-,27+/m1/s1. The molecule has 0 saturated carbocycles. The second-order valence-corrected chi connectivity index (χ2v) is 16.3. The van der Waals surface area contributed by atoms with E-state index in [9.17, 15) is 47.3 Å². The van der Waals surface area contributed by atoms with Gasteiger partial charge < -0.3 is 34.1 Å². The largest absolute Gasteiger partial charge is 0.464 e. The van der Waals surface area contributed by atoms with Gasteiger partial charge in [-0.2, -0.15) is 0 Å². The number of fused-ring (bicyclic) bond motifs is 2. The molecule has 20 heteroatoms. The minimum absolute atomic E-state index is 0.129. The van der Waals surface area contributed by atoms with Crippen molar-refractivity contribution in [2.24, 2.45) is 0 Å². The van der Waals surface area contributed by atoms with Gasteiger partial charge in [0.15, 0.2) is 15.9 Å². The van der Waals surface area contributed by atoms with E-state index in [0.29, 0.717) is 5.56 Å². The summed E-state index contributed by atoms with van der Waals surface area (Å²) in [6.45, 7) is 3.67. The second kappa shape index (κ2) is 12.0. The molecule has 0 unspecified atom stereocenters. The minimum atomic E-state index is -4.16. The summed E-state index contributed by atoms with van der Waals surface area (Å²) in [6, 6.07) is 1.51. The smallest absolute Gasteiger partial charge is 0.408 e. The molecular weight excluding hydrogens is 668 g/mol. The van der Waals surface area contributed by atoms with Gasteiger partial charge in [-0.1, -0.05) is 0 Å². The lowest BCUT2D eigenvalue weighted by atomic mass is 9.96. The Kier molecular flexibility index (Phi) is 8.63. The van der Waals surface area contributed by atoms with E-state index in [2.05, 4.69) is 5.32 Å². The van der Waals surface area contributed by atoms with Crippen molar-refractivity contribution in [2.75, 3.05) is 13.4 Å². The van der Waals surface area contributed by atoms with Crippen molar-refractivity contribution in [3.8, 4) is 0 Å². The Labute approximate surface area is 271 Å². The van der Waals surface area contributed by atoms with Crippen molar-refractivity contribution in [1.82, 2.24) is 15.1 Å².